The van der Waals surface area contributed by atoms with Crippen LogP contribution in [-0.2, 0) is 0 Å². The fourth-order valence-corrected chi connectivity index (χ4v) is 1.74. The lowest BCUT2D eigenvalue weighted by Gasteiger charge is -2.11. The molecule has 4 nitrogen and oxygen atoms in total. The maximum Gasteiger partial charge on any atom is 0.168 e. The molecule has 2 N–H and O–H groups in total. The number of hydrogen-bond donors (Lipinski definition) is 2. The number of nitrogens with zero attached hydrogens (tertiary/aromatic N) is 1. The third-order valence-corrected chi connectivity index (χ3v) is 2.89. The molecule has 1 aliphatic carbocycles. The molecule has 0 amide bonds. The second kappa shape index (κ2) is 7.21. The van der Waals surface area contributed by atoms with Crippen molar-refractivity contribution in [3.63, 3.8) is 0 Å². The van der Waals surface area contributed by atoms with Gasteiger partial charge in [0.2, 0.25) is 0 Å². The summed E-state index contributed by atoms with van der Waals surface area (Å²) in [4.78, 5) is 4.32. The molecule has 1 aliphatic rings. The van der Waals surface area contributed by atoms with Crippen LogP contribution in [0.3, 0.4) is 0 Å². The SMILES string of the molecule is CCCOc1cccnc1NCCCNC1CC1. The molecule has 1 heterocycles. The van der Waals surface area contributed by atoms with Crippen LogP contribution >= 0.6 is 0 Å². The van der Waals surface area contributed by atoms with Crippen LogP contribution in [0, 0.1) is 0 Å². The number of pyridine rings is 1. The molecule has 2 rings (SSSR count). The molecule has 1 saturated carbocycles. The minimum Gasteiger partial charge on any atom is -0.490 e. The fraction of sp³-hybridized carbons (Fsp3) is 0.643. The highest BCUT2D eigenvalue weighted by Crippen LogP contribution is 2.21. The Bertz CT molecular complexity index is 353. The Kier molecular flexibility index (Phi) is 5.27. The summed E-state index contributed by atoms with van der Waals surface area (Å²) < 4.78 is 5.65. The van der Waals surface area contributed by atoms with E-state index < -0.39 is 0 Å². The molecule has 4 heteroatoms. The van der Waals surface area contributed by atoms with Crippen LogP contribution in [0.1, 0.15) is 32.6 Å². The van der Waals surface area contributed by atoms with Crippen LogP contribution < -0.4 is 15.4 Å². The van der Waals surface area contributed by atoms with Crippen molar-refractivity contribution in [1.29, 1.82) is 0 Å². The lowest BCUT2D eigenvalue weighted by atomic mass is 10.3. The number of ether oxygens (including phenoxy) is 1. The summed E-state index contributed by atoms with van der Waals surface area (Å²) in [5.74, 6) is 1.71. The molecule has 0 bridgehead atoms. The van der Waals surface area contributed by atoms with Crippen molar-refractivity contribution in [1.82, 2.24) is 10.3 Å². The normalized spacial score (nSPS) is 14.5. The van der Waals surface area contributed by atoms with Gasteiger partial charge in [0.1, 0.15) is 0 Å². The van der Waals surface area contributed by atoms with E-state index in [-0.39, 0.29) is 0 Å². The first kappa shape index (κ1) is 13.1. The minimum absolute atomic E-state index is 0.740. The lowest BCUT2D eigenvalue weighted by Crippen LogP contribution is -2.20. The Morgan fingerprint density at radius 2 is 2.28 bits per heavy atom. The molecule has 100 valence electrons. The molecule has 0 radical (unpaired) electrons. The summed E-state index contributed by atoms with van der Waals surface area (Å²) in [7, 11) is 0. The van der Waals surface area contributed by atoms with Gasteiger partial charge in [-0.3, -0.25) is 0 Å². The highest BCUT2D eigenvalue weighted by Gasteiger charge is 2.19. The van der Waals surface area contributed by atoms with Gasteiger partial charge < -0.3 is 15.4 Å². The van der Waals surface area contributed by atoms with E-state index in [1.165, 1.54) is 12.8 Å². The molecule has 0 saturated heterocycles. The second-order valence-electron chi connectivity index (χ2n) is 4.71. The number of aromatic nitrogens is 1. The van der Waals surface area contributed by atoms with Crippen molar-refractivity contribution in [2.24, 2.45) is 0 Å². The molecule has 0 aromatic carbocycles. The molecular weight excluding hydrogens is 226 g/mol. The minimum atomic E-state index is 0.740. The largest absolute Gasteiger partial charge is 0.490 e. The fourth-order valence-electron chi connectivity index (χ4n) is 1.74. The van der Waals surface area contributed by atoms with Crippen LogP contribution in [0.5, 0.6) is 5.75 Å². The second-order valence-corrected chi connectivity index (χ2v) is 4.71. The summed E-state index contributed by atoms with van der Waals surface area (Å²) in [6.45, 7) is 4.85. The van der Waals surface area contributed by atoms with Gasteiger partial charge in [-0.2, -0.15) is 0 Å². The van der Waals surface area contributed by atoms with E-state index in [0.717, 1.165) is 50.1 Å². The summed E-state index contributed by atoms with van der Waals surface area (Å²) in [6.07, 6.45) is 6.62. The first-order chi connectivity index (χ1) is 8.90. The van der Waals surface area contributed by atoms with Crippen LogP contribution in [0.15, 0.2) is 18.3 Å². The predicted octanol–water partition coefficient (Wildman–Crippen LogP) is 2.42. The maximum absolute atomic E-state index is 5.65. The summed E-state index contributed by atoms with van der Waals surface area (Å²) in [5.41, 5.74) is 0. The molecule has 0 atom stereocenters. The molecule has 1 aromatic heterocycles. The molecule has 18 heavy (non-hydrogen) atoms. The number of nitrogens with one attached hydrogen (secondary N) is 2. The first-order valence-corrected chi connectivity index (χ1v) is 6.95. The lowest BCUT2D eigenvalue weighted by molar-refractivity contribution is 0.318. The van der Waals surface area contributed by atoms with Crippen molar-refractivity contribution in [2.45, 2.75) is 38.6 Å². The van der Waals surface area contributed by atoms with E-state index in [2.05, 4.69) is 22.5 Å². The molecule has 0 unspecified atom stereocenters. The maximum atomic E-state index is 5.65. The standard InChI is InChI=1S/C14H23N3O/c1-2-11-18-13-5-3-8-16-14(13)17-10-4-9-15-12-6-7-12/h3,5,8,12,15H,2,4,6-7,9-11H2,1H3,(H,16,17). The average Bonchev–Trinajstić information content (AvgIpc) is 3.21. The van der Waals surface area contributed by atoms with Gasteiger partial charge in [-0.25, -0.2) is 4.98 Å². The Morgan fingerprint density at radius 3 is 3.06 bits per heavy atom. The summed E-state index contributed by atoms with van der Waals surface area (Å²) >= 11 is 0. The monoisotopic (exact) mass is 249 g/mol. The highest BCUT2D eigenvalue weighted by molar-refractivity contribution is 5.49. The Labute approximate surface area is 109 Å². The van der Waals surface area contributed by atoms with Crippen molar-refractivity contribution in [3.8, 4) is 5.75 Å². The van der Waals surface area contributed by atoms with Crippen molar-refractivity contribution >= 4 is 5.82 Å². The Morgan fingerprint density at radius 1 is 1.39 bits per heavy atom. The zero-order valence-corrected chi connectivity index (χ0v) is 11.1. The Hall–Kier alpha value is -1.29. The average molecular weight is 249 g/mol. The number of rotatable bonds is 9. The smallest absolute Gasteiger partial charge is 0.168 e. The third kappa shape index (κ3) is 4.53. The van der Waals surface area contributed by atoms with E-state index in [1.54, 1.807) is 6.20 Å². The van der Waals surface area contributed by atoms with E-state index in [9.17, 15) is 0 Å². The molecule has 1 aromatic rings. The molecule has 1 fully saturated rings. The van der Waals surface area contributed by atoms with Gasteiger partial charge in [-0.1, -0.05) is 6.92 Å². The van der Waals surface area contributed by atoms with Crippen molar-refractivity contribution in [2.75, 3.05) is 25.0 Å². The highest BCUT2D eigenvalue weighted by atomic mass is 16.5. The van der Waals surface area contributed by atoms with Gasteiger partial charge in [0.25, 0.3) is 0 Å². The Balaban J connectivity index is 1.69. The quantitative estimate of drug-likeness (QED) is 0.660. The van der Waals surface area contributed by atoms with Crippen molar-refractivity contribution < 1.29 is 4.74 Å². The van der Waals surface area contributed by atoms with E-state index in [4.69, 9.17) is 4.74 Å². The summed E-state index contributed by atoms with van der Waals surface area (Å²) in [6, 6.07) is 4.67. The van der Waals surface area contributed by atoms with Crippen LogP contribution in [0.4, 0.5) is 5.82 Å². The zero-order chi connectivity index (χ0) is 12.6. The predicted molar refractivity (Wildman–Crippen MR) is 74.2 cm³/mol. The van der Waals surface area contributed by atoms with E-state index in [1.807, 2.05) is 12.1 Å². The zero-order valence-electron chi connectivity index (χ0n) is 11.1. The first-order valence-electron chi connectivity index (χ1n) is 6.95. The van der Waals surface area contributed by atoms with Gasteiger partial charge in [-0.15, -0.1) is 0 Å². The van der Waals surface area contributed by atoms with Crippen LogP contribution in [-0.4, -0.2) is 30.7 Å². The van der Waals surface area contributed by atoms with Gasteiger partial charge in [0, 0.05) is 18.8 Å². The summed E-state index contributed by atoms with van der Waals surface area (Å²) in [5, 5.41) is 6.84. The number of hydrogen-bond acceptors (Lipinski definition) is 4. The van der Waals surface area contributed by atoms with Crippen LogP contribution in [0.2, 0.25) is 0 Å². The van der Waals surface area contributed by atoms with Gasteiger partial charge >= 0.3 is 0 Å². The van der Waals surface area contributed by atoms with Gasteiger partial charge in [-0.05, 0) is 44.4 Å². The van der Waals surface area contributed by atoms with E-state index >= 15 is 0 Å². The third-order valence-electron chi connectivity index (χ3n) is 2.89. The van der Waals surface area contributed by atoms with Gasteiger partial charge in [0.15, 0.2) is 11.6 Å². The van der Waals surface area contributed by atoms with E-state index in [0.29, 0.717) is 0 Å². The number of anilines is 1. The van der Waals surface area contributed by atoms with Crippen molar-refractivity contribution in [3.05, 3.63) is 18.3 Å². The molecular formula is C14H23N3O. The van der Waals surface area contributed by atoms with Crippen LogP contribution in [0.25, 0.3) is 0 Å². The van der Waals surface area contributed by atoms with Gasteiger partial charge in [0.05, 0.1) is 6.61 Å². The topological polar surface area (TPSA) is 46.2 Å². The molecule has 0 aliphatic heterocycles. The molecule has 0 spiro atoms.